The van der Waals surface area contributed by atoms with Gasteiger partial charge in [0.1, 0.15) is 11.5 Å². The van der Waals surface area contributed by atoms with E-state index in [-0.39, 0.29) is 23.6 Å². The normalized spacial score (nSPS) is 10.5. The van der Waals surface area contributed by atoms with Gasteiger partial charge in [0.05, 0.1) is 5.56 Å². The molecule has 0 bridgehead atoms. The number of ether oxygens (including phenoxy) is 1. The van der Waals surface area contributed by atoms with E-state index in [1.54, 1.807) is 18.2 Å². The summed E-state index contributed by atoms with van der Waals surface area (Å²) in [5.74, 6) is -0.511. The van der Waals surface area contributed by atoms with E-state index in [2.05, 4.69) is 26.0 Å². The first kappa shape index (κ1) is 16.2. The van der Waals surface area contributed by atoms with Crippen molar-refractivity contribution in [3.05, 3.63) is 58.1 Å². The van der Waals surface area contributed by atoms with Crippen molar-refractivity contribution in [3.8, 4) is 11.5 Å². The average molecular weight is 372 g/mol. The predicted octanol–water partition coefficient (Wildman–Crippen LogP) is 3.69. The fourth-order valence-electron chi connectivity index (χ4n) is 1.76. The highest BCUT2D eigenvalue weighted by molar-refractivity contribution is 9.10. The monoisotopic (exact) mass is 371 g/mol. The largest absolute Gasteiger partial charge is 0.507 e. The van der Waals surface area contributed by atoms with Crippen LogP contribution in [-0.4, -0.2) is 17.6 Å². The molecule has 0 radical (unpaired) electrons. The lowest BCUT2D eigenvalue weighted by Crippen LogP contribution is -2.22. The van der Waals surface area contributed by atoms with Gasteiger partial charge in [-0.2, -0.15) is 8.78 Å². The summed E-state index contributed by atoms with van der Waals surface area (Å²) in [6, 6.07) is 10.5. The molecule has 0 aliphatic rings. The molecule has 0 atom stereocenters. The van der Waals surface area contributed by atoms with Gasteiger partial charge < -0.3 is 15.2 Å². The molecule has 0 saturated carbocycles. The second kappa shape index (κ2) is 7.22. The number of alkyl halides is 2. The van der Waals surface area contributed by atoms with Gasteiger partial charge in [-0.1, -0.05) is 28.1 Å². The van der Waals surface area contributed by atoms with Crippen molar-refractivity contribution >= 4 is 21.8 Å². The molecule has 2 aromatic rings. The fourth-order valence-corrected chi connectivity index (χ4v) is 2.12. The topological polar surface area (TPSA) is 58.6 Å². The van der Waals surface area contributed by atoms with E-state index in [1.165, 1.54) is 24.3 Å². The summed E-state index contributed by atoms with van der Waals surface area (Å²) in [7, 11) is 0. The lowest BCUT2D eigenvalue weighted by molar-refractivity contribution is -0.0498. The number of carbonyl (C=O) groups is 1. The van der Waals surface area contributed by atoms with E-state index in [4.69, 9.17) is 0 Å². The van der Waals surface area contributed by atoms with Gasteiger partial charge in [-0.25, -0.2) is 0 Å². The van der Waals surface area contributed by atoms with Crippen LogP contribution >= 0.6 is 15.9 Å². The van der Waals surface area contributed by atoms with Crippen LogP contribution in [0.25, 0.3) is 0 Å². The van der Waals surface area contributed by atoms with Gasteiger partial charge in [-0.05, 0) is 35.9 Å². The molecule has 0 aliphatic heterocycles. The van der Waals surface area contributed by atoms with Crippen molar-refractivity contribution in [2.75, 3.05) is 0 Å². The Labute approximate surface area is 133 Å². The number of aromatic hydroxyl groups is 1. The minimum atomic E-state index is -2.87. The smallest absolute Gasteiger partial charge is 0.387 e. The van der Waals surface area contributed by atoms with Gasteiger partial charge in [0.25, 0.3) is 5.91 Å². The zero-order valence-electron chi connectivity index (χ0n) is 11.2. The van der Waals surface area contributed by atoms with Crippen LogP contribution in [0.3, 0.4) is 0 Å². The Morgan fingerprint density at radius 1 is 1.23 bits per heavy atom. The number of phenolic OH excluding ortho intramolecular Hbond substituents is 1. The number of benzene rings is 2. The summed E-state index contributed by atoms with van der Waals surface area (Å²) in [6.07, 6.45) is 0. The summed E-state index contributed by atoms with van der Waals surface area (Å²) in [5.41, 5.74) is 0.858. The van der Waals surface area contributed by atoms with Crippen molar-refractivity contribution in [2.45, 2.75) is 13.2 Å². The first-order valence-corrected chi connectivity index (χ1v) is 7.05. The Morgan fingerprint density at radius 2 is 1.91 bits per heavy atom. The maximum atomic E-state index is 12.0. The number of carbonyl (C=O) groups excluding carboxylic acids is 1. The van der Waals surface area contributed by atoms with E-state index in [0.717, 1.165) is 0 Å². The third-order valence-corrected chi connectivity index (χ3v) is 3.30. The lowest BCUT2D eigenvalue weighted by Gasteiger charge is -2.08. The molecule has 2 rings (SSSR count). The third kappa shape index (κ3) is 4.42. The SMILES string of the molecule is O=C(NCc1ccc(OC(F)F)cc1)c1cc(Br)ccc1O. The van der Waals surface area contributed by atoms with Crippen LogP contribution in [-0.2, 0) is 6.54 Å². The van der Waals surface area contributed by atoms with E-state index < -0.39 is 12.5 Å². The number of phenols is 1. The minimum Gasteiger partial charge on any atom is -0.507 e. The van der Waals surface area contributed by atoms with Crippen molar-refractivity contribution < 1.29 is 23.4 Å². The molecular formula is C15H12BrF2NO3. The van der Waals surface area contributed by atoms with Crippen molar-refractivity contribution in [1.29, 1.82) is 0 Å². The van der Waals surface area contributed by atoms with Gasteiger partial charge in [0.15, 0.2) is 0 Å². The number of rotatable bonds is 5. The van der Waals surface area contributed by atoms with E-state index in [1.807, 2.05) is 0 Å². The second-order valence-electron chi connectivity index (χ2n) is 4.37. The number of halogens is 3. The van der Waals surface area contributed by atoms with Gasteiger partial charge in [0, 0.05) is 11.0 Å². The van der Waals surface area contributed by atoms with Crippen LogP contribution in [0.4, 0.5) is 8.78 Å². The van der Waals surface area contributed by atoms with Crippen LogP contribution < -0.4 is 10.1 Å². The highest BCUT2D eigenvalue weighted by Crippen LogP contribution is 2.22. The van der Waals surface area contributed by atoms with E-state index in [9.17, 15) is 18.7 Å². The molecule has 0 fully saturated rings. The Hall–Kier alpha value is -2.15. The second-order valence-corrected chi connectivity index (χ2v) is 5.28. The molecule has 1 amide bonds. The zero-order valence-corrected chi connectivity index (χ0v) is 12.8. The quantitative estimate of drug-likeness (QED) is 0.842. The predicted molar refractivity (Wildman–Crippen MR) is 80.1 cm³/mol. The van der Waals surface area contributed by atoms with Gasteiger partial charge in [-0.15, -0.1) is 0 Å². The summed E-state index contributed by atoms with van der Waals surface area (Å²) < 4.78 is 29.0. The molecule has 0 unspecified atom stereocenters. The number of hydrogen-bond donors (Lipinski definition) is 2. The maximum absolute atomic E-state index is 12.0. The van der Waals surface area contributed by atoms with Crippen LogP contribution in [0.5, 0.6) is 11.5 Å². The number of nitrogens with one attached hydrogen (secondary N) is 1. The molecule has 0 aromatic heterocycles. The van der Waals surface area contributed by atoms with Gasteiger partial charge in [0.2, 0.25) is 0 Å². The molecule has 22 heavy (non-hydrogen) atoms. The van der Waals surface area contributed by atoms with Crippen molar-refractivity contribution in [3.63, 3.8) is 0 Å². The molecule has 0 heterocycles. The highest BCUT2D eigenvalue weighted by Gasteiger charge is 2.11. The summed E-state index contributed by atoms with van der Waals surface area (Å²) in [6.45, 7) is -2.68. The Bertz CT molecular complexity index is 662. The average Bonchev–Trinajstić information content (AvgIpc) is 2.48. The minimum absolute atomic E-state index is 0.0507. The molecule has 0 spiro atoms. The zero-order chi connectivity index (χ0) is 16.1. The summed E-state index contributed by atoms with van der Waals surface area (Å²) in [5, 5.41) is 12.3. The van der Waals surface area contributed by atoms with E-state index in [0.29, 0.717) is 10.0 Å². The Kier molecular flexibility index (Phi) is 5.32. The van der Waals surface area contributed by atoms with Crippen LogP contribution in [0.15, 0.2) is 46.9 Å². The maximum Gasteiger partial charge on any atom is 0.387 e. The molecular weight excluding hydrogens is 360 g/mol. The van der Waals surface area contributed by atoms with Crippen LogP contribution in [0.1, 0.15) is 15.9 Å². The fraction of sp³-hybridized carbons (Fsp3) is 0.133. The molecule has 7 heteroatoms. The van der Waals surface area contributed by atoms with Crippen molar-refractivity contribution in [1.82, 2.24) is 5.32 Å². The number of amides is 1. The first-order chi connectivity index (χ1) is 10.5. The third-order valence-electron chi connectivity index (χ3n) is 2.80. The van der Waals surface area contributed by atoms with Gasteiger partial charge in [-0.3, -0.25) is 4.79 Å². The van der Waals surface area contributed by atoms with Crippen molar-refractivity contribution in [2.24, 2.45) is 0 Å². The van der Waals surface area contributed by atoms with Crippen LogP contribution in [0, 0.1) is 0 Å². The highest BCUT2D eigenvalue weighted by atomic mass is 79.9. The number of hydrogen-bond acceptors (Lipinski definition) is 3. The summed E-state index contributed by atoms with van der Waals surface area (Å²) >= 11 is 3.22. The molecule has 2 N–H and O–H groups in total. The van der Waals surface area contributed by atoms with E-state index >= 15 is 0 Å². The van der Waals surface area contributed by atoms with Crippen LogP contribution in [0.2, 0.25) is 0 Å². The standard InChI is InChI=1S/C15H12BrF2NO3/c16-10-3-6-13(20)12(7-10)14(21)19-8-9-1-4-11(5-2-9)22-15(17)18/h1-7,15,20H,8H2,(H,19,21). The molecule has 2 aromatic carbocycles. The first-order valence-electron chi connectivity index (χ1n) is 6.26. The summed E-state index contributed by atoms with van der Waals surface area (Å²) in [4.78, 5) is 12.0. The molecule has 0 aliphatic carbocycles. The Balaban J connectivity index is 1.97. The Morgan fingerprint density at radius 3 is 2.55 bits per heavy atom. The molecule has 116 valence electrons. The lowest BCUT2D eigenvalue weighted by atomic mass is 10.1. The van der Waals surface area contributed by atoms with Gasteiger partial charge >= 0.3 is 6.61 Å². The molecule has 4 nitrogen and oxygen atoms in total. The molecule has 0 saturated heterocycles.